The van der Waals surface area contributed by atoms with Gasteiger partial charge in [0.1, 0.15) is 0 Å². The molecular weight excluding hydrogens is 284 g/mol. The fraction of sp³-hybridized carbons (Fsp3) is 0.143. The van der Waals surface area contributed by atoms with Gasteiger partial charge in [0, 0.05) is 0 Å². The number of hydrogen-bond acceptors (Lipinski definition) is 0. The van der Waals surface area contributed by atoms with Gasteiger partial charge in [-0.1, -0.05) is 36.4 Å². The predicted molar refractivity (Wildman–Crippen MR) is 95.7 cm³/mol. The van der Waals surface area contributed by atoms with Crippen LogP contribution in [0.5, 0.6) is 0 Å². The van der Waals surface area contributed by atoms with Crippen molar-refractivity contribution >= 4 is 10.9 Å². The van der Waals surface area contributed by atoms with E-state index >= 15 is 0 Å². The van der Waals surface area contributed by atoms with E-state index in [1.807, 2.05) is 0 Å². The summed E-state index contributed by atoms with van der Waals surface area (Å²) in [5, 5.41) is 0. The van der Waals surface area contributed by atoms with E-state index in [0.717, 1.165) is 0 Å². The maximum atomic E-state index is 2.31. The highest BCUT2D eigenvalue weighted by Gasteiger charge is 2.28. The second kappa shape index (κ2) is 6.41. The average Bonchev–Trinajstić information content (AvgIpc) is 2.48. The van der Waals surface area contributed by atoms with E-state index in [1.54, 1.807) is 0 Å². The fourth-order valence-electron chi connectivity index (χ4n) is 2.64. The Morgan fingerprint density at radius 3 is 1.09 bits per heavy atom. The van der Waals surface area contributed by atoms with Crippen LogP contribution in [-0.4, -0.2) is 0 Å². The van der Waals surface area contributed by atoms with Crippen LogP contribution < -0.4 is 0 Å². The highest BCUT2D eigenvalue weighted by Crippen LogP contribution is 2.32. The molecule has 0 fully saturated rings. The summed E-state index contributed by atoms with van der Waals surface area (Å²) in [5.41, 5.74) is 3.95. The first-order valence-corrected chi connectivity index (χ1v) is 8.80. The van der Waals surface area contributed by atoms with E-state index in [0.29, 0.717) is 0 Å². The fourth-order valence-corrected chi connectivity index (χ4v) is 5.01. The summed E-state index contributed by atoms with van der Waals surface area (Å²) in [6.45, 7) is 6.49. The Morgan fingerprint density at radius 1 is 0.500 bits per heavy atom. The maximum absolute atomic E-state index is 2.31. The zero-order chi connectivity index (χ0) is 15.5. The standard InChI is InChI=1S/C21H21S/c1-16-7-4-10-19(13-16)22(20-11-5-8-17(2)14-20)21-12-6-9-18(3)15-21/h4-15H,1-3H3/q+1. The molecule has 0 amide bonds. The van der Waals surface area contributed by atoms with E-state index in [4.69, 9.17) is 0 Å². The molecule has 0 spiro atoms. The van der Waals surface area contributed by atoms with Crippen LogP contribution in [0.1, 0.15) is 16.7 Å². The van der Waals surface area contributed by atoms with Crippen molar-refractivity contribution in [2.24, 2.45) is 0 Å². The van der Waals surface area contributed by atoms with Gasteiger partial charge in [0.2, 0.25) is 0 Å². The van der Waals surface area contributed by atoms with E-state index in [2.05, 4.69) is 93.6 Å². The zero-order valence-corrected chi connectivity index (χ0v) is 14.2. The summed E-state index contributed by atoms with van der Waals surface area (Å²) in [6, 6.07) is 26.7. The quantitative estimate of drug-likeness (QED) is 0.544. The van der Waals surface area contributed by atoms with E-state index in [1.165, 1.54) is 31.4 Å². The Bertz CT molecular complexity index is 681. The predicted octanol–water partition coefficient (Wildman–Crippen LogP) is 5.71. The molecule has 0 N–H and O–H groups in total. The molecule has 3 aromatic carbocycles. The molecule has 110 valence electrons. The van der Waals surface area contributed by atoms with Gasteiger partial charge in [-0.3, -0.25) is 0 Å². The maximum Gasteiger partial charge on any atom is 0.166 e. The van der Waals surface area contributed by atoms with Crippen molar-refractivity contribution in [3.8, 4) is 0 Å². The lowest BCUT2D eigenvalue weighted by atomic mass is 10.2. The molecular formula is C21H21S+. The van der Waals surface area contributed by atoms with Crippen LogP contribution >= 0.6 is 0 Å². The topological polar surface area (TPSA) is 0 Å². The third kappa shape index (κ3) is 3.26. The zero-order valence-electron chi connectivity index (χ0n) is 13.3. The van der Waals surface area contributed by atoms with Crippen molar-refractivity contribution in [2.75, 3.05) is 0 Å². The van der Waals surface area contributed by atoms with Gasteiger partial charge in [0.15, 0.2) is 14.7 Å². The molecule has 0 aliphatic rings. The summed E-state index contributed by atoms with van der Waals surface area (Å²) < 4.78 is 0. The Labute approximate surface area is 136 Å². The molecule has 0 aliphatic heterocycles. The number of aryl methyl sites for hydroxylation is 3. The lowest BCUT2D eigenvalue weighted by Gasteiger charge is -2.09. The molecule has 0 unspecified atom stereocenters. The van der Waals surface area contributed by atoms with Crippen LogP contribution in [0.4, 0.5) is 0 Å². The van der Waals surface area contributed by atoms with Gasteiger partial charge in [-0.2, -0.15) is 0 Å². The molecule has 0 aliphatic carbocycles. The lowest BCUT2D eigenvalue weighted by molar-refractivity contribution is 1.26. The molecule has 0 saturated heterocycles. The number of benzene rings is 3. The lowest BCUT2D eigenvalue weighted by Crippen LogP contribution is -2.05. The van der Waals surface area contributed by atoms with E-state index in [9.17, 15) is 0 Å². The molecule has 0 radical (unpaired) electrons. The van der Waals surface area contributed by atoms with Crippen molar-refractivity contribution in [3.05, 3.63) is 89.5 Å². The van der Waals surface area contributed by atoms with Crippen LogP contribution in [0, 0.1) is 20.8 Å². The van der Waals surface area contributed by atoms with Gasteiger partial charge in [-0.05, 0) is 73.9 Å². The molecule has 0 bridgehead atoms. The summed E-state index contributed by atoms with van der Waals surface area (Å²) in [6.07, 6.45) is 0. The molecule has 0 nitrogen and oxygen atoms in total. The van der Waals surface area contributed by atoms with Crippen molar-refractivity contribution < 1.29 is 0 Å². The normalized spacial score (nSPS) is 10.9. The van der Waals surface area contributed by atoms with Gasteiger partial charge in [-0.25, -0.2) is 0 Å². The highest BCUT2D eigenvalue weighted by molar-refractivity contribution is 7.97. The monoisotopic (exact) mass is 305 g/mol. The molecule has 0 aromatic heterocycles. The van der Waals surface area contributed by atoms with Gasteiger partial charge in [0.05, 0.1) is 10.9 Å². The minimum Gasteiger partial charge on any atom is -0.0590 e. The Balaban J connectivity index is 2.18. The molecule has 0 heterocycles. The number of hydrogen-bond donors (Lipinski definition) is 0. The van der Waals surface area contributed by atoms with Gasteiger partial charge in [-0.15, -0.1) is 0 Å². The third-order valence-electron chi connectivity index (χ3n) is 3.68. The van der Waals surface area contributed by atoms with E-state index in [-0.39, 0.29) is 10.9 Å². The smallest absolute Gasteiger partial charge is 0.0590 e. The van der Waals surface area contributed by atoms with Crippen molar-refractivity contribution in [3.63, 3.8) is 0 Å². The molecule has 0 atom stereocenters. The third-order valence-corrected chi connectivity index (χ3v) is 5.85. The van der Waals surface area contributed by atoms with Gasteiger partial charge in [0.25, 0.3) is 0 Å². The largest absolute Gasteiger partial charge is 0.166 e. The minimum absolute atomic E-state index is 0.0455. The molecule has 3 aromatic rings. The second-order valence-electron chi connectivity index (χ2n) is 5.76. The van der Waals surface area contributed by atoms with Crippen LogP contribution in [0.2, 0.25) is 0 Å². The Kier molecular flexibility index (Phi) is 4.35. The molecule has 1 heteroatoms. The first-order valence-electron chi connectivity index (χ1n) is 7.58. The summed E-state index contributed by atoms with van der Waals surface area (Å²) >= 11 is 0. The SMILES string of the molecule is Cc1cccc([S+](c2cccc(C)c2)c2cccc(C)c2)c1. The van der Waals surface area contributed by atoms with Crippen molar-refractivity contribution in [1.29, 1.82) is 0 Å². The average molecular weight is 305 g/mol. The second-order valence-corrected chi connectivity index (χ2v) is 7.78. The molecule has 3 rings (SSSR count). The first-order chi connectivity index (χ1) is 10.6. The summed E-state index contributed by atoms with van der Waals surface area (Å²) in [4.78, 5) is 4.16. The highest BCUT2D eigenvalue weighted by atomic mass is 32.2. The minimum atomic E-state index is -0.0455. The van der Waals surface area contributed by atoms with Crippen LogP contribution in [0.15, 0.2) is 87.5 Å². The van der Waals surface area contributed by atoms with Crippen LogP contribution in [0.25, 0.3) is 0 Å². The molecule has 0 saturated carbocycles. The van der Waals surface area contributed by atoms with Crippen LogP contribution in [0.3, 0.4) is 0 Å². The Hall–Kier alpha value is -1.99. The summed E-state index contributed by atoms with van der Waals surface area (Å²) in [5.74, 6) is 0. The van der Waals surface area contributed by atoms with Gasteiger partial charge >= 0.3 is 0 Å². The van der Waals surface area contributed by atoms with Crippen molar-refractivity contribution in [2.45, 2.75) is 35.5 Å². The van der Waals surface area contributed by atoms with Crippen LogP contribution in [-0.2, 0) is 10.9 Å². The van der Waals surface area contributed by atoms with E-state index < -0.39 is 0 Å². The summed E-state index contributed by atoms with van der Waals surface area (Å²) in [7, 11) is -0.0455. The van der Waals surface area contributed by atoms with Gasteiger partial charge < -0.3 is 0 Å². The van der Waals surface area contributed by atoms with Crippen molar-refractivity contribution in [1.82, 2.24) is 0 Å². The first kappa shape index (κ1) is 14.9. The Morgan fingerprint density at radius 2 is 0.818 bits per heavy atom. The number of rotatable bonds is 3. The molecule has 22 heavy (non-hydrogen) atoms.